The van der Waals surface area contributed by atoms with Crippen LogP contribution in [0.15, 0.2) is 0 Å². The Morgan fingerprint density at radius 2 is 2.23 bits per heavy atom. The van der Waals surface area contributed by atoms with E-state index >= 15 is 0 Å². The van der Waals surface area contributed by atoms with E-state index in [1.54, 1.807) is 0 Å². The number of hydrogen-bond donors (Lipinski definition) is 0. The Balaban J connectivity index is 2.46. The number of ether oxygens (including phenoxy) is 1. The van der Waals surface area contributed by atoms with Gasteiger partial charge in [0.25, 0.3) is 6.47 Å². The molecule has 1 fully saturated rings. The van der Waals surface area contributed by atoms with Gasteiger partial charge in [-0.2, -0.15) is 0 Å². The summed E-state index contributed by atoms with van der Waals surface area (Å²) in [5.41, 5.74) is 0.434. The molecule has 0 bridgehead atoms. The van der Waals surface area contributed by atoms with Crippen molar-refractivity contribution >= 4 is 6.47 Å². The minimum Gasteiger partial charge on any atom is -0.465 e. The molecular formula is C11H20O2. The lowest BCUT2D eigenvalue weighted by Crippen LogP contribution is -2.30. The Morgan fingerprint density at radius 3 is 2.77 bits per heavy atom. The molecule has 1 aliphatic carbocycles. The average molecular weight is 184 g/mol. The first-order valence-corrected chi connectivity index (χ1v) is 5.14. The number of hydrogen-bond acceptors (Lipinski definition) is 2. The van der Waals surface area contributed by atoms with E-state index < -0.39 is 0 Å². The lowest BCUT2D eigenvalue weighted by atomic mass is 9.71. The van der Waals surface area contributed by atoms with Crippen LogP contribution in [0.25, 0.3) is 0 Å². The van der Waals surface area contributed by atoms with Crippen LogP contribution in [0, 0.1) is 11.3 Å². The summed E-state index contributed by atoms with van der Waals surface area (Å²) in [5, 5.41) is 0. The molecule has 0 saturated heterocycles. The molecule has 1 rings (SSSR count). The Hall–Kier alpha value is -0.530. The normalized spacial score (nSPS) is 29.3. The highest BCUT2D eigenvalue weighted by Gasteiger charge is 2.31. The zero-order chi connectivity index (χ0) is 9.90. The third-order valence-electron chi connectivity index (χ3n) is 3.18. The Labute approximate surface area is 80.7 Å². The van der Waals surface area contributed by atoms with Crippen LogP contribution >= 0.6 is 0 Å². The van der Waals surface area contributed by atoms with Crippen molar-refractivity contribution < 1.29 is 9.53 Å². The quantitative estimate of drug-likeness (QED) is 0.630. The smallest absolute Gasteiger partial charge is 0.293 e. The van der Waals surface area contributed by atoms with Crippen molar-refractivity contribution in [2.75, 3.05) is 0 Å². The number of rotatable bonds is 3. The summed E-state index contributed by atoms with van der Waals surface area (Å²) in [6, 6.07) is 0. The summed E-state index contributed by atoms with van der Waals surface area (Å²) in [6.45, 7) is 7.17. The standard InChI is InChI=1S/C11H20O2/c1-9(13-8-12)10-5-4-6-11(2,3)7-10/h8-10H,4-7H2,1-3H3/t9-,10-/m0/s1. The van der Waals surface area contributed by atoms with Gasteiger partial charge in [-0.05, 0) is 37.5 Å². The van der Waals surface area contributed by atoms with Gasteiger partial charge >= 0.3 is 0 Å². The zero-order valence-corrected chi connectivity index (χ0v) is 8.88. The highest BCUT2D eigenvalue weighted by Crippen LogP contribution is 2.40. The molecule has 0 aromatic rings. The molecule has 1 aliphatic rings. The van der Waals surface area contributed by atoms with Crippen LogP contribution in [0.3, 0.4) is 0 Å². The van der Waals surface area contributed by atoms with Crippen molar-refractivity contribution in [1.29, 1.82) is 0 Å². The molecular weight excluding hydrogens is 164 g/mol. The Morgan fingerprint density at radius 1 is 1.54 bits per heavy atom. The predicted octanol–water partition coefficient (Wildman–Crippen LogP) is 2.76. The van der Waals surface area contributed by atoms with Crippen molar-refractivity contribution in [2.45, 2.75) is 52.6 Å². The number of carbonyl (C=O) groups excluding carboxylic acids is 1. The molecule has 0 spiro atoms. The molecule has 76 valence electrons. The van der Waals surface area contributed by atoms with Crippen LogP contribution < -0.4 is 0 Å². The van der Waals surface area contributed by atoms with Crippen LogP contribution in [0.1, 0.15) is 46.5 Å². The van der Waals surface area contributed by atoms with Gasteiger partial charge in [0, 0.05) is 0 Å². The summed E-state index contributed by atoms with van der Waals surface area (Å²) < 4.78 is 4.99. The first kappa shape index (κ1) is 10.6. The topological polar surface area (TPSA) is 26.3 Å². The molecule has 13 heavy (non-hydrogen) atoms. The van der Waals surface area contributed by atoms with E-state index in [1.165, 1.54) is 25.7 Å². The zero-order valence-electron chi connectivity index (χ0n) is 8.88. The molecule has 0 aliphatic heterocycles. The second kappa shape index (κ2) is 4.12. The third-order valence-corrected chi connectivity index (χ3v) is 3.18. The molecule has 2 heteroatoms. The Bertz CT molecular complexity index is 175. The molecule has 0 heterocycles. The van der Waals surface area contributed by atoms with E-state index in [9.17, 15) is 4.79 Å². The molecule has 2 atom stereocenters. The van der Waals surface area contributed by atoms with Crippen LogP contribution in [-0.4, -0.2) is 12.6 Å². The molecule has 0 amide bonds. The van der Waals surface area contributed by atoms with Crippen LogP contribution in [0.2, 0.25) is 0 Å². The van der Waals surface area contributed by atoms with Crippen molar-refractivity contribution in [3.63, 3.8) is 0 Å². The molecule has 2 nitrogen and oxygen atoms in total. The van der Waals surface area contributed by atoms with E-state index in [2.05, 4.69) is 13.8 Å². The predicted molar refractivity (Wildman–Crippen MR) is 52.4 cm³/mol. The highest BCUT2D eigenvalue weighted by atomic mass is 16.5. The van der Waals surface area contributed by atoms with E-state index in [1.807, 2.05) is 6.92 Å². The van der Waals surface area contributed by atoms with Crippen molar-refractivity contribution in [1.82, 2.24) is 0 Å². The van der Waals surface area contributed by atoms with Crippen molar-refractivity contribution in [3.05, 3.63) is 0 Å². The van der Waals surface area contributed by atoms with Crippen LogP contribution in [-0.2, 0) is 9.53 Å². The van der Waals surface area contributed by atoms with Gasteiger partial charge in [0.15, 0.2) is 0 Å². The SMILES string of the molecule is C[C@H](OC=O)[C@H]1CCCC(C)(C)C1. The largest absolute Gasteiger partial charge is 0.465 e. The summed E-state index contributed by atoms with van der Waals surface area (Å²) >= 11 is 0. The van der Waals surface area contributed by atoms with Gasteiger partial charge in [-0.25, -0.2) is 0 Å². The van der Waals surface area contributed by atoms with Crippen molar-refractivity contribution in [3.8, 4) is 0 Å². The fraction of sp³-hybridized carbons (Fsp3) is 0.909. The van der Waals surface area contributed by atoms with E-state index in [4.69, 9.17) is 4.74 Å². The molecule has 1 saturated carbocycles. The third kappa shape index (κ3) is 3.02. The summed E-state index contributed by atoms with van der Waals surface area (Å²) in [4.78, 5) is 10.2. The van der Waals surface area contributed by atoms with Crippen LogP contribution in [0.4, 0.5) is 0 Å². The molecule has 0 N–H and O–H groups in total. The van der Waals surface area contributed by atoms with Gasteiger partial charge < -0.3 is 4.74 Å². The maximum absolute atomic E-state index is 10.2. The second-order valence-corrected chi connectivity index (χ2v) is 4.96. The highest BCUT2D eigenvalue weighted by molar-refractivity contribution is 5.37. The molecule has 0 radical (unpaired) electrons. The van der Waals surface area contributed by atoms with Gasteiger partial charge in [-0.1, -0.05) is 20.3 Å². The monoisotopic (exact) mass is 184 g/mol. The van der Waals surface area contributed by atoms with E-state index in [0.717, 1.165) is 0 Å². The lowest BCUT2D eigenvalue weighted by molar-refractivity contribution is -0.136. The van der Waals surface area contributed by atoms with Gasteiger partial charge in [0.05, 0.1) is 0 Å². The van der Waals surface area contributed by atoms with Gasteiger partial charge in [0.1, 0.15) is 6.10 Å². The summed E-state index contributed by atoms with van der Waals surface area (Å²) in [5.74, 6) is 0.564. The minimum absolute atomic E-state index is 0.0945. The van der Waals surface area contributed by atoms with E-state index in [0.29, 0.717) is 17.8 Å². The summed E-state index contributed by atoms with van der Waals surface area (Å²) in [6.07, 6.45) is 5.05. The second-order valence-electron chi connectivity index (χ2n) is 4.96. The van der Waals surface area contributed by atoms with Crippen LogP contribution in [0.5, 0.6) is 0 Å². The van der Waals surface area contributed by atoms with Gasteiger partial charge in [0.2, 0.25) is 0 Å². The lowest BCUT2D eigenvalue weighted by Gasteiger charge is -2.37. The fourth-order valence-electron chi connectivity index (χ4n) is 2.36. The molecule has 0 unspecified atom stereocenters. The first-order valence-electron chi connectivity index (χ1n) is 5.14. The number of carbonyl (C=O) groups is 1. The minimum atomic E-state index is 0.0945. The Kier molecular flexibility index (Phi) is 3.34. The maximum Gasteiger partial charge on any atom is 0.293 e. The first-order chi connectivity index (χ1) is 6.05. The average Bonchev–Trinajstić information content (AvgIpc) is 2.03. The van der Waals surface area contributed by atoms with Crippen molar-refractivity contribution in [2.24, 2.45) is 11.3 Å². The van der Waals surface area contributed by atoms with E-state index in [-0.39, 0.29) is 6.10 Å². The fourth-order valence-corrected chi connectivity index (χ4v) is 2.36. The summed E-state index contributed by atoms with van der Waals surface area (Å²) in [7, 11) is 0. The van der Waals surface area contributed by atoms with Gasteiger partial charge in [-0.3, -0.25) is 4.79 Å². The van der Waals surface area contributed by atoms with Gasteiger partial charge in [-0.15, -0.1) is 0 Å². The molecule has 0 aromatic heterocycles. The maximum atomic E-state index is 10.2. The molecule has 0 aromatic carbocycles.